The van der Waals surface area contributed by atoms with Gasteiger partial charge in [-0.15, -0.1) is 0 Å². The van der Waals surface area contributed by atoms with Crippen LogP contribution in [0, 0.1) is 17.8 Å². The van der Waals surface area contributed by atoms with Crippen molar-refractivity contribution in [2.24, 2.45) is 17.8 Å². The lowest BCUT2D eigenvalue weighted by Crippen LogP contribution is -2.50. The number of carbonyl (C=O) groups is 1. The van der Waals surface area contributed by atoms with Crippen LogP contribution in [0.5, 0.6) is 5.75 Å². The van der Waals surface area contributed by atoms with Crippen LogP contribution < -0.4 is 10.1 Å². The molecule has 28 heavy (non-hydrogen) atoms. The summed E-state index contributed by atoms with van der Waals surface area (Å²) in [6.45, 7) is 5.90. The molecular weight excluding hydrogens is 352 g/mol. The number of methoxy groups -OCH3 is 1. The summed E-state index contributed by atoms with van der Waals surface area (Å²) in [7, 11) is 1.71. The molecule has 0 bridgehead atoms. The SMILES string of the molecule is COc1ccc(CCN2C[C@H]3C[C@@H](NC(C)=O)[C@H](OCC4CC4)C[C@H]3C2)cc1. The van der Waals surface area contributed by atoms with Crippen LogP contribution in [0.3, 0.4) is 0 Å². The van der Waals surface area contributed by atoms with Crippen molar-refractivity contribution in [3.05, 3.63) is 29.8 Å². The van der Waals surface area contributed by atoms with Gasteiger partial charge in [-0.2, -0.15) is 0 Å². The molecule has 3 fully saturated rings. The van der Waals surface area contributed by atoms with Crippen molar-refractivity contribution in [3.8, 4) is 5.75 Å². The van der Waals surface area contributed by atoms with Crippen molar-refractivity contribution in [3.63, 3.8) is 0 Å². The summed E-state index contributed by atoms with van der Waals surface area (Å²) >= 11 is 0. The number of hydrogen-bond acceptors (Lipinski definition) is 4. The van der Waals surface area contributed by atoms with E-state index in [4.69, 9.17) is 9.47 Å². The van der Waals surface area contributed by atoms with E-state index in [1.807, 2.05) is 12.1 Å². The summed E-state index contributed by atoms with van der Waals surface area (Å²) < 4.78 is 11.5. The molecule has 1 saturated heterocycles. The van der Waals surface area contributed by atoms with E-state index in [9.17, 15) is 4.79 Å². The van der Waals surface area contributed by atoms with E-state index in [1.54, 1.807) is 14.0 Å². The van der Waals surface area contributed by atoms with Gasteiger partial charge in [-0.05, 0) is 67.6 Å². The van der Waals surface area contributed by atoms with Gasteiger partial charge >= 0.3 is 0 Å². The fraction of sp³-hybridized carbons (Fsp3) is 0.696. The molecule has 2 saturated carbocycles. The van der Waals surface area contributed by atoms with E-state index in [0.717, 1.165) is 57.2 Å². The predicted octanol–water partition coefficient (Wildman–Crippen LogP) is 2.88. The van der Waals surface area contributed by atoms with Gasteiger partial charge in [0, 0.05) is 33.2 Å². The van der Waals surface area contributed by atoms with E-state index in [1.165, 1.54) is 18.4 Å². The lowest BCUT2D eigenvalue weighted by atomic mass is 9.77. The first-order valence-electron chi connectivity index (χ1n) is 10.8. The lowest BCUT2D eigenvalue weighted by Gasteiger charge is -2.38. The number of carbonyl (C=O) groups excluding carboxylic acids is 1. The number of likely N-dealkylation sites (tertiary alicyclic amines) is 1. The van der Waals surface area contributed by atoms with Crippen LogP contribution in [0.25, 0.3) is 0 Å². The Morgan fingerprint density at radius 2 is 1.86 bits per heavy atom. The number of benzene rings is 1. The van der Waals surface area contributed by atoms with Crippen LogP contribution in [0.1, 0.15) is 38.2 Å². The van der Waals surface area contributed by atoms with Crippen molar-refractivity contribution >= 4 is 5.91 Å². The Hall–Kier alpha value is -1.59. The molecule has 154 valence electrons. The summed E-state index contributed by atoms with van der Waals surface area (Å²) in [5, 5.41) is 3.18. The summed E-state index contributed by atoms with van der Waals surface area (Å²) in [5.41, 5.74) is 1.36. The molecule has 1 heterocycles. The third-order valence-corrected chi connectivity index (χ3v) is 6.70. The largest absolute Gasteiger partial charge is 0.497 e. The quantitative estimate of drug-likeness (QED) is 0.746. The number of nitrogens with one attached hydrogen (secondary N) is 1. The number of hydrogen-bond donors (Lipinski definition) is 1. The van der Waals surface area contributed by atoms with Gasteiger partial charge in [-0.25, -0.2) is 0 Å². The summed E-state index contributed by atoms with van der Waals surface area (Å²) in [4.78, 5) is 14.3. The average Bonchev–Trinajstić information content (AvgIpc) is 3.43. The summed E-state index contributed by atoms with van der Waals surface area (Å²) in [6.07, 6.45) is 6.01. The zero-order valence-corrected chi connectivity index (χ0v) is 17.2. The first kappa shape index (κ1) is 19.7. The highest BCUT2D eigenvalue weighted by molar-refractivity contribution is 5.73. The molecular formula is C23H34N2O3. The smallest absolute Gasteiger partial charge is 0.217 e. The van der Waals surface area contributed by atoms with Gasteiger partial charge in [0.05, 0.1) is 19.3 Å². The molecule has 3 aliphatic rings. The topological polar surface area (TPSA) is 50.8 Å². The fourth-order valence-corrected chi connectivity index (χ4v) is 4.91. The fourth-order valence-electron chi connectivity index (χ4n) is 4.91. The molecule has 1 aromatic rings. The normalized spacial score (nSPS) is 30.1. The van der Waals surface area contributed by atoms with E-state index < -0.39 is 0 Å². The van der Waals surface area contributed by atoms with E-state index in [0.29, 0.717) is 11.8 Å². The Morgan fingerprint density at radius 3 is 2.50 bits per heavy atom. The number of ether oxygens (including phenoxy) is 2. The highest BCUT2D eigenvalue weighted by atomic mass is 16.5. The average molecular weight is 387 g/mol. The minimum Gasteiger partial charge on any atom is -0.497 e. The van der Waals surface area contributed by atoms with Gasteiger partial charge in [0.2, 0.25) is 5.91 Å². The molecule has 0 aromatic heterocycles. The Balaban J connectivity index is 1.30. The molecule has 1 aliphatic heterocycles. The Morgan fingerprint density at radius 1 is 1.14 bits per heavy atom. The standard InChI is InChI=1S/C23H34N2O3/c1-16(26)24-22-11-19-13-25(10-9-17-5-7-21(27-2)8-6-17)14-20(19)12-23(22)28-15-18-3-4-18/h5-8,18-20,22-23H,3-4,9-15H2,1-2H3,(H,24,26)/t19-,20+,22-,23-/m1/s1. The summed E-state index contributed by atoms with van der Waals surface area (Å²) in [6, 6.07) is 8.59. The molecule has 2 aliphatic carbocycles. The first-order valence-corrected chi connectivity index (χ1v) is 10.8. The second-order valence-electron chi connectivity index (χ2n) is 8.97. The lowest BCUT2D eigenvalue weighted by molar-refractivity contribution is -0.122. The zero-order chi connectivity index (χ0) is 19.5. The molecule has 1 aromatic carbocycles. The van der Waals surface area contributed by atoms with E-state index in [2.05, 4.69) is 22.3 Å². The Labute approximate surface area is 168 Å². The minimum atomic E-state index is 0.0674. The number of fused-ring (bicyclic) bond motifs is 1. The Bertz CT molecular complexity index is 658. The maximum absolute atomic E-state index is 11.7. The highest BCUT2D eigenvalue weighted by Gasteiger charge is 2.43. The number of rotatable bonds is 8. The molecule has 4 rings (SSSR count). The minimum absolute atomic E-state index is 0.0674. The van der Waals surface area contributed by atoms with Crippen molar-refractivity contribution in [1.82, 2.24) is 10.2 Å². The third-order valence-electron chi connectivity index (χ3n) is 6.70. The molecule has 5 heteroatoms. The van der Waals surface area contributed by atoms with Crippen LogP contribution in [-0.2, 0) is 16.0 Å². The highest BCUT2D eigenvalue weighted by Crippen LogP contribution is 2.39. The second-order valence-corrected chi connectivity index (χ2v) is 8.97. The molecule has 0 unspecified atom stereocenters. The zero-order valence-electron chi connectivity index (χ0n) is 17.2. The van der Waals surface area contributed by atoms with E-state index >= 15 is 0 Å². The molecule has 0 spiro atoms. The van der Waals surface area contributed by atoms with Crippen LogP contribution >= 0.6 is 0 Å². The van der Waals surface area contributed by atoms with Crippen molar-refractivity contribution < 1.29 is 14.3 Å². The van der Waals surface area contributed by atoms with Crippen LogP contribution in [-0.4, -0.2) is 56.3 Å². The van der Waals surface area contributed by atoms with Crippen molar-refractivity contribution in [2.45, 2.75) is 51.2 Å². The number of amides is 1. The van der Waals surface area contributed by atoms with Gasteiger partial charge < -0.3 is 19.7 Å². The van der Waals surface area contributed by atoms with Crippen molar-refractivity contribution in [1.29, 1.82) is 0 Å². The molecule has 1 amide bonds. The maximum Gasteiger partial charge on any atom is 0.217 e. The van der Waals surface area contributed by atoms with Gasteiger partial charge in [0.1, 0.15) is 5.75 Å². The van der Waals surface area contributed by atoms with Gasteiger partial charge in [-0.1, -0.05) is 12.1 Å². The van der Waals surface area contributed by atoms with Crippen LogP contribution in [0.4, 0.5) is 0 Å². The van der Waals surface area contributed by atoms with Crippen LogP contribution in [0.2, 0.25) is 0 Å². The third kappa shape index (κ3) is 5.06. The first-order chi connectivity index (χ1) is 13.6. The second kappa shape index (κ2) is 8.83. The molecule has 1 N–H and O–H groups in total. The van der Waals surface area contributed by atoms with Crippen molar-refractivity contribution in [2.75, 3.05) is 33.4 Å². The van der Waals surface area contributed by atoms with Gasteiger partial charge in [0.25, 0.3) is 0 Å². The number of nitrogens with zero attached hydrogens (tertiary/aromatic N) is 1. The van der Waals surface area contributed by atoms with Gasteiger partial charge in [0.15, 0.2) is 0 Å². The van der Waals surface area contributed by atoms with Gasteiger partial charge in [-0.3, -0.25) is 4.79 Å². The predicted molar refractivity (Wildman–Crippen MR) is 109 cm³/mol. The molecule has 4 atom stereocenters. The van der Waals surface area contributed by atoms with E-state index in [-0.39, 0.29) is 18.1 Å². The Kier molecular flexibility index (Phi) is 6.22. The molecule has 0 radical (unpaired) electrons. The summed E-state index contributed by atoms with van der Waals surface area (Å²) in [5.74, 6) is 3.12. The molecule has 5 nitrogen and oxygen atoms in total. The van der Waals surface area contributed by atoms with Crippen LogP contribution in [0.15, 0.2) is 24.3 Å². The monoisotopic (exact) mass is 386 g/mol. The maximum atomic E-state index is 11.7.